The summed E-state index contributed by atoms with van der Waals surface area (Å²) >= 11 is 2.31. The van der Waals surface area contributed by atoms with Crippen molar-refractivity contribution in [3.63, 3.8) is 0 Å². The molecule has 0 aliphatic carbocycles. The Morgan fingerprint density at radius 3 is 2.88 bits per heavy atom. The Balaban J connectivity index is 2.07. The number of benzene rings is 1. The molecule has 2 N–H and O–H groups in total. The third-order valence-electron chi connectivity index (χ3n) is 3.95. The fourth-order valence-corrected chi connectivity index (χ4v) is 3.13. The molecule has 1 aliphatic heterocycles. The smallest absolute Gasteiger partial charge is 0.0449 e. The van der Waals surface area contributed by atoms with E-state index in [9.17, 15) is 0 Å². The molecule has 1 saturated heterocycles. The zero-order chi connectivity index (χ0) is 12.4. The Hall–Kier alpha value is -0.290. The number of hydrogen-bond acceptors (Lipinski definition) is 2. The summed E-state index contributed by atoms with van der Waals surface area (Å²) in [6.07, 6.45) is 2.70. The topological polar surface area (TPSA) is 29.3 Å². The van der Waals surface area contributed by atoms with Crippen LogP contribution in [0.2, 0.25) is 0 Å². The van der Waals surface area contributed by atoms with Gasteiger partial charge in [0.1, 0.15) is 0 Å². The maximum absolute atomic E-state index is 5.85. The predicted octanol–water partition coefficient (Wildman–Crippen LogP) is 3.49. The third kappa shape index (κ3) is 3.13. The van der Waals surface area contributed by atoms with Crippen LogP contribution in [0.25, 0.3) is 0 Å². The van der Waals surface area contributed by atoms with E-state index < -0.39 is 0 Å². The first kappa shape index (κ1) is 13.1. The lowest BCUT2D eigenvalue weighted by Gasteiger charge is -2.38. The second-order valence-corrected chi connectivity index (χ2v) is 6.35. The van der Waals surface area contributed by atoms with Crippen LogP contribution in [0.5, 0.6) is 0 Å². The van der Waals surface area contributed by atoms with Gasteiger partial charge in [0.05, 0.1) is 0 Å². The van der Waals surface area contributed by atoms with Gasteiger partial charge in [0, 0.05) is 21.8 Å². The molecule has 1 fully saturated rings. The maximum Gasteiger partial charge on any atom is 0.0449 e. The van der Waals surface area contributed by atoms with Gasteiger partial charge in [-0.1, -0.05) is 13.0 Å². The highest BCUT2D eigenvalue weighted by Gasteiger charge is 2.24. The van der Waals surface area contributed by atoms with Crippen molar-refractivity contribution in [2.24, 2.45) is 5.92 Å². The lowest BCUT2D eigenvalue weighted by molar-refractivity contribution is 0.106. The highest BCUT2D eigenvalue weighted by molar-refractivity contribution is 14.1. The minimum absolute atomic E-state index is 0.693. The van der Waals surface area contributed by atoms with Crippen molar-refractivity contribution in [3.8, 4) is 0 Å². The van der Waals surface area contributed by atoms with Gasteiger partial charge in [-0.05, 0) is 72.5 Å². The average Bonchev–Trinajstić information content (AvgIpc) is 2.30. The number of nitrogen functional groups attached to an aromatic ring is 1. The highest BCUT2D eigenvalue weighted by atomic mass is 127. The first-order valence-corrected chi connectivity index (χ1v) is 7.43. The lowest BCUT2D eigenvalue weighted by atomic mass is 9.92. The Morgan fingerprint density at radius 2 is 2.18 bits per heavy atom. The minimum Gasteiger partial charge on any atom is -0.398 e. The molecule has 1 aliphatic rings. The summed E-state index contributed by atoms with van der Waals surface area (Å²) in [5, 5.41) is 0. The van der Waals surface area contributed by atoms with Crippen LogP contribution >= 0.6 is 22.6 Å². The van der Waals surface area contributed by atoms with Crippen molar-refractivity contribution in [1.29, 1.82) is 0 Å². The summed E-state index contributed by atoms with van der Waals surface area (Å²) in [4.78, 5) is 2.59. The standard InChI is InChI=1S/C14H21IN2/c1-10-4-3-7-17(11(10)2)9-12-5-6-14(16)13(15)8-12/h5-6,8,10-11H,3-4,7,9,16H2,1-2H3. The molecule has 2 atom stereocenters. The SMILES string of the molecule is CC1CCCN(Cc2ccc(N)c(I)c2)C1C. The van der Waals surface area contributed by atoms with Crippen LogP contribution < -0.4 is 5.73 Å². The Bertz CT molecular complexity index is 392. The molecule has 1 aromatic rings. The monoisotopic (exact) mass is 344 g/mol. The first-order chi connectivity index (χ1) is 8.08. The van der Waals surface area contributed by atoms with Crippen LogP contribution in [0.15, 0.2) is 18.2 Å². The van der Waals surface area contributed by atoms with E-state index in [4.69, 9.17) is 5.73 Å². The predicted molar refractivity (Wildman–Crippen MR) is 81.8 cm³/mol. The van der Waals surface area contributed by atoms with Crippen LogP contribution in [-0.2, 0) is 6.54 Å². The molecular formula is C14H21IN2. The zero-order valence-corrected chi connectivity index (χ0v) is 12.8. The van der Waals surface area contributed by atoms with Gasteiger partial charge in [-0.2, -0.15) is 0 Å². The molecule has 0 amide bonds. The minimum atomic E-state index is 0.693. The van der Waals surface area contributed by atoms with Gasteiger partial charge in [0.25, 0.3) is 0 Å². The van der Waals surface area contributed by atoms with E-state index in [1.807, 2.05) is 6.07 Å². The number of hydrogen-bond donors (Lipinski definition) is 1. The van der Waals surface area contributed by atoms with Crippen LogP contribution in [0.1, 0.15) is 32.3 Å². The number of rotatable bonds is 2. The summed E-state index contributed by atoms with van der Waals surface area (Å²) in [5.41, 5.74) is 8.11. The van der Waals surface area contributed by atoms with E-state index in [-0.39, 0.29) is 0 Å². The van der Waals surface area contributed by atoms with Gasteiger partial charge in [-0.25, -0.2) is 0 Å². The van der Waals surface area contributed by atoms with Crippen molar-refractivity contribution in [2.45, 2.75) is 39.3 Å². The van der Waals surface area contributed by atoms with Crippen LogP contribution in [0, 0.1) is 9.49 Å². The summed E-state index contributed by atoms with van der Waals surface area (Å²) in [7, 11) is 0. The summed E-state index contributed by atoms with van der Waals surface area (Å²) < 4.78 is 1.16. The summed E-state index contributed by atoms with van der Waals surface area (Å²) in [6, 6.07) is 7.08. The van der Waals surface area contributed by atoms with Crippen LogP contribution in [-0.4, -0.2) is 17.5 Å². The van der Waals surface area contributed by atoms with Gasteiger partial charge < -0.3 is 5.73 Å². The lowest BCUT2D eigenvalue weighted by Crippen LogP contribution is -2.41. The molecule has 94 valence electrons. The molecular weight excluding hydrogens is 323 g/mol. The van der Waals surface area contributed by atoms with Gasteiger partial charge in [-0.3, -0.25) is 4.90 Å². The fraction of sp³-hybridized carbons (Fsp3) is 0.571. The van der Waals surface area contributed by atoms with Gasteiger partial charge >= 0.3 is 0 Å². The first-order valence-electron chi connectivity index (χ1n) is 6.36. The van der Waals surface area contributed by atoms with Crippen molar-refractivity contribution >= 4 is 28.3 Å². The Kier molecular flexibility index (Phi) is 4.31. The number of likely N-dealkylation sites (tertiary alicyclic amines) is 1. The third-order valence-corrected chi connectivity index (χ3v) is 4.89. The molecule has 0 aromatic heterocycles. The normalized spacial score (nSPS) is 26.1. The number of anilines is 1. The van der Waals surface area contributed by atoms with Gasteiger partial charge in [-0.15, -0.1) is 0 Å². The molecule has 1 aromatic carbocycles. The van der Waals surface area contributed by atoms with E-state index in [1.54, 1.807) is 0 Å². The molecule has 2 unspecified atom stereocenters. The molecule has 3 heteroatoms. The molecule has 0 bridgehead atoms. The van der Waals surface area contributed by atoms with Gasteiger partial charge in [0.15, 0.2) is 0 Å². The quantitative estimate of drug-likeness (QED) is 0.657. The molecule has 1 heterocycles. The maximum atomic E-state index is 5.85. The summed E-state index contributed by atoms with van der Waals surface area (Å²) in [5.74, 6) is 0.816. The van der Waals surface area contributed by atoms with Gasteiger partial charge in [0.2, 0.25) is 0 Å². The fourth-order valence-electron chi connectivity index (χ4n) is 2.55. The van der Waals surface area contributed by atoms with Crippen molar-refractivity contribution < 1.29 is 0 Å². The van der Waals surface area contributed by atoms with E-state index in [0.717, 1.165) is 21.7 Å². The molecule has 2 nitrogen and oxygen atoms in total. The molecule has 0 saturated carbocycles. The second kappa shape index (κ2) is 5.57. The highest BCUT2D eigenvalue weighted by Crippen LogP contribution is 2.25. The van der Waals surface area contributed by atoms with Crippen molar-refractivity contribution in [3.05, 3.63) is 27.3 Å². The van der Waals surface area contributed by atoms with E-state index in [0.29, 0.717) is 6.04 Å². The number of nitrogens with two attached hydrogens (primary N) is 1. The number of halogens is 1. The zero-order valence-electron chi connectivity index (χ0n) is 10.6. The molecule has 0 spiro atoms. The molecule has 17 heavy (non-hydrogen) atoms. The Labute approximate surface area is 118 Å². The van der Waals surface area contributed by atoms with E-state index >= 15 is 0 Å². The van der Waals surface area contributed by atoms with E-state index in [1.165, 1.54) is 24.9 Å². The van der Waals surface area contributed by atoms with Crippen LogP contribution in [0.3, 0.4) is 0 Å². The number of nitrogens with zero attached hydrogens (tertiary/aromatic N) is 1. The molecule has 0 radical (unpaired) electrons. The van der Waals surface area contributed by atoms with E-state index in [2.05, 4.69) is 53.5 Å². The summed E-state index contributed by atoms with van der Waals surface area (Å²) in [6.45, 7) is 7.00. The largest absolute Gasteiger partial charge is 0.398 e. The average molecular weight is 344 g/mol. The van der Waals surface area contributed by atoms with Crippen molar-refractivity contribution in [2.75, 3.05) is 12.3 Å². The second-order valence-electron chi connectivity index (χ2n) is 5.19. The molecule has 2 rings (SSSR count). The Morgan fingerprint density at radius 1 is 1.41 bits per heavy atom. The van der Waals surface area contributed by atoms with Crippen molar-refractivity contribution in [1.82, 2.24) is 4.90 Å². The number of piperidine rings is 1. The van der Waals surface area contributed by atoms with Crippen LogP contribution in [0.4, 0.5) is 5.69 Å².